The normalized spacial score (nSPS) is 16.8. The van der Waals surface area contributed by atoms with Crippen LogP contribution in [-0.4, -0.2) is 28.6 Å². The largest absolute Gasteiger partial charge is 0.478 e. The summed E-state index contributed by atoms with van der Waals surface area (Å²) < 4.78 is 5.30. The Hall–Kier alpha value is -1.29. The third-order valence-electron chi connectivity index (χ3n) is 3.51. The van der Waals surface area contributed by atoms with Gasteiger partial charge in [0.25, 0.3) is 0 Å². The molecule has 0 aromatic carbocycles. The SMILES string of the molecule is CCN(Cc1cc(C(=O)O)co1)C1CCCC1. The fourth-order valence-electron chi connectivity index (χ4n) is 2.54. The minimum atomic E-state index is -0.927. The molecule has 1 aromatic rings. The summed E-state index contributed by atoms with van der Waals surface area (Å²) in [5, 5.41) is 8.83. The molecule has 1 fully saturated rings. The molecule has 0 aliphatic heterocycles. The summed E-state index contributed by atoms with van der Waals surface area (Å²) in [5.74, 6) is -0.180. The number of aromatic carboxylic acids is 1. The van der Waals surface area contributed by atoms with Crippen molar-refractivity contribution in [2.75, 3.05) is 6.54 Å². The van der Waals surface area contributed by atoms with Gasteiger partial charge in [-0.1, -0.05) is 19.8 Å². The molecule has 0 unspecified atom stereocenters. The second-order valence-electron chi connectivity index (χ2n) is 4.61. The second-order valence-corrected chi connectivity index (χ2v) is 4.61. The van der Waals surface area contributed by atoms with E-state index in [0.717, 1.165) is 12.3 Å². The van der Waals surface area contributed by atoms with Crippen LogP contribution in [0.2, 0.25) is 0 Å². The molecule has 0 spiro atoms. The monoisotopic (exact) mass is 237 g/mol. The number of furan rings is 1. The van der Waals surface area contributed by atoms with Gasteiger partial charge in [0.15, 0.2) is 0 Å². The molecule has 17 heavy (non-hydrogen) atoms. The van der Waals surface area contributed by atoms with Crippen molar-refractivity contribution in [1.82, 2.24) is 4.90 Å². The predicted octanol–water partition coefficient (Wildman–Crippen LogP) is 2.74. The molecule has 2 rings (SSSR count). The number of rotatable bonds is 5. The maximum Gasteiger partial charge on any atom is 0.338 e. The number of hydrogen-bond donors (Lipinski definition) is 1. The van der Waals surface area contributed by atoms with Gasteiger partial charge in [0.1, 0.15) is 12.0 Å². The maximum atomic E-state index is 10.8. The fraction of sp³-hybridized carbons (Fsp3) is 0.615. The summed E-state index contributed by atoms with van der Waals surface area (Å²) in [4.78, 5) is 13.1. The highest BCUT2D eigenvalue weighted by Gasteiger charge is 2.22. The van der Waals surface area contributed by atoms with Crippen molar-refractivity contribution >= 4 is 5.97 Å². The number of carbonyl (C=O) groups is 1. The van der Waals surface area contributed by atoms with E-state index in [9.17, 15) is 4.79 Å². The molecule has 0 atom stereocenters. The fourth-order valence-corrected chi connectivity index (χ4v) is 2.54. The Bertz CT molecular complexity index is 380. The lowest BCUT2D eigenvalue weighted by Gasteiger charge is -2.26. The van der Waals surface area contributed by atoms with Crippen molar-refractivity contribution in [3.63, 3.8) is 0 Å². The van der Waals surface area contributed by atoms with Gasteiger partial charge >= 0.3 is 5.97 Å². The zero-order valence-electron chi connectivity index (χ0n) is 10.2. The second kappa shape index (κ2) is 5.36. The van der Waals surface area contributed by atoms with Crippen molar-refractivity contribution < 1.29 is 14.3 Å². The molecule has 1 aliphatic rings. The van der Waals surface area contributed by atoms with Crippen LogP contribution in [0.4, 0.5) is 0 Å². The first-order chi connectivity index (χ1) is 8.20. The average molecular weight is 237 g/mol. The summed E-state index contributed by atoms with van der Waals surface area (Å²) in [5.41, 5.74) is 0.238. The van der Waals surface area contributed by atoms with E-state index in [-0.39, 0.29) is 5.56 Å². The Morgan fingerprint density at radius 3 is 2.76 bits per heavy atom. The molecule has 1 aromatic heterocycles. The van der Waals surface area contributed by atoms with Crippen LogP contribution in [0, 0.1) is 0 Å². The predicted molar refractivity (Wildman–Crippen MR) is 64.0 cm³/mol. The molecular weight excluding hydrogens is 218 g/mol. The highest BCUT2D eigenvalue weighted by atomic mass is 16.4. The minimum Gasteiger partial charge on any atom is -0.478 e. The van der Waals surface area contributed by atoms with Gasteiger partial charge in [-0.15, -0.1) is 0 Å². The van der Waals surface area contributed by atoms with Gasteiger partial charge in [-0.3, -0.25) is 4.90 Å². The minimum absolute atomic E-state index is 0.238. The van der Waals surface area contributed by atoms with Crippen molar-refractivity contribution in [2.45, 2.75) is 45.2 Å². The molecule has 1 aliphatic carbocycles. The highest BCUT2D eigenvalue weighted by Crippen LogP contribution is 2.25. The Balaban J connectivity index is 1.99. The maximum absolute atomic E-state index is 10.8. The summed E-state index contributed by atoms with van der Waals surface area (Å²) in [6.07, 6.45) is 6.43. The topological polar surface area (TPSA) is 53.7 Å². The summed E-state index contributed by atoms with van der Waals surface area (Å²) in [6.45, 7) is 3.83. The quantitative estimate of drug-likeness (QED) is 0.855. The molecule has 1 saturated carbocycles. The molecule has 4 nitrogen and oxygen atoms in total. The van der Waals surface area contributed by atoms with Gasteiger partial charge < -0.3 is 9.52 Å². The molecule has 0 bridgehead atoms. The first-order valence-corrected chi connectivity index (χ1v) is 6.25. The lowest BCUT2D eigenvalue weighted by atomic mass is 10.2. The smallest absolute Gasteiger partial charge is 0.338 e. The molecule has 0 amide bonds. The zero-order valence-corrected chi connectivity index (χ0v) is 10.2. The lowest BCUT2D eigenvalue weighted by Crippen LogP contribution is -2.32. The highest BCUT2D eigenvalue weighted by molar-refractivity contribution is 5.87. The summed E-state index contributed by atoms with van der Waals surface area (Å²) >= 11 is 0. The van der Waals surface area contributed by atoms with Crippen molar-refractivity contribution in [3.8, 4) is 0 Å². The van der Waals surface area contributed by atoms with E-state index in [0.29, 0.717) is 12.6 Å². The Morgan fingerprint density at radius 1 is 1.53 bits per heavy atom. The van der Waals surface area contributed by atoms with E-state index in [1.54, 1.807) is 6.07 Å². The number of carboxylic acid groups (broad SMARTS) is 1. The van der Waals surface area contributed by atoms with Crippen molar-refractivity contribution in [3.05, 3.63) is 23.7 Å². The van der Waals surface area contributed by atoms with E-state index in [1.807, 2.05) is 0 Å². The van der Waals surface area contributed by atoms with Crippen LogP contribution in [0.25, 0.3) is 0 Å². The van der Waals surface area contributed by atoms with Gasteiger partial charge in [0, 0.05) is 6.04 Å². The van der Waals surface area contributed by atoms with Crippen molar-refractivity contribution in [1.29, 1.82) is 0 Å². The first kappa shape index (κ1) is 12.2. The van der Waals surface area contributed by atoms with E-state index < -0.39 is 5.97 Å². The van der Waals surface area contributed by atoms with Gasteiger partial charge in [-0.2, -0.15) is 0 Å². The van der Waals surface area contributed by atoms with Crippen LogP contribution in [0.15, 0.2) is 16.7 Å². The molecule has 0 saturated heterocycles. The van der Waals surface area contributed by atoms with Gasteiger partial charge in [-0.05, 0) is 25.5 Å². The third kappa shape index (κ3) is 2.88. The van der Waals surface area contributed by atoms with Gasteiger partial charge in [-0.25, -0.2) is 4.79 Å². The van der Waals surface area contributed by atoms with Crippen LogP contribution in [0.5, 0.6) is 0 Å². The lowest BCUT2D eigenvalue weighted by molar-refractivity contribution is 0.0696. The van der Waals surface area contributed by atoms with Crippen LogP contribution < -0.4 is 0 Å². The van der Waals surface area contributed by atoms with Gasteiger partial charge in [0.05, 0.1) is 12.1 Å². The van der Waals surface area contributed by atoms with Gasteiger partial charge in [0.2, 0.25) is 0 Å². The van der Waals surface area contributed by atoms with E-state index in [2.05, 4.69) is 11.8 Å². The van der Waals surface area contributed by atoms with Crippen LogP contribution in [0.3, 0.4) is 0 Å². The van der Waals surface area contributed by atoms with Crippen LogP contribution in [0.1, 0.15) is 48.7 Å². The van der Waals surface area contributed by atoms with E-state index in [4.69, 9.17) is 9.52 Å². The average Bonchev–Trinajstić information content (AvgIpc) is 2.96. The van der Waals surface area contributed by atoms with Crippen molar-refractivity contribution in [2.24, 2.45) is 0 Å². The Kier molecular flexibility index (Phi) is 3.84. The molecule has 1 N–H and O–H groups in total. The molecular formula is C13H19NO3. The standard InChI is InChI=1S/C13H19NO3/c1-2-14(11-5-3-4-6-11)8-12-7-10(9-17-12)13(15)16/h7,9,11H,2-6,8H2,1H3,(H,15,16). The van der Waals surface area contributed by atoms with Crippen LogP contribution >= 0.6 is 0 Å². The number of nitrogens with zero attached hydrogens (tertiary/aromatic N) is 1. The number of hydrogen-bond acceptors (Lipinski definition) is 3. The zero-order chi connectivity index (χ0) is 12.3. The number of carboxylic acids is 1. The summed E-state index contributed by atoms with van der Waals surface area (Å²) in [7, 11) is 0. The third-order valence-corrected chi connectivity index (χ3v) is 3.51. The first-order valence-electron chi connectivity index (χ1n) is 6.25. The Labute approximate surface area is 101 Å². The van der Waals surface area contributed by atoms with E-state index in [1.165, 1.54) is 31.9 Å². The molecule has 1 heterocycles. The molecule has 94 valence electrons. The van der Waals surface area contributed by atoms with Crippen LogP contribution in [-0.2, 0) is 6.54 Å². The molecule has 4 heteroatoms. The molecule has 0 radical (unpaired) electrons. The van der Waals surface area contributed by atoms with E-state index >= 15 is 0 Å². The Morgan fingerprint density at radius 2 is 2.24 bits per heavy atom. The summed E-state index contributed by atoms with van der Waals surface area (Å²) in [6, 6.07) is 2.26.